The van der Waals surface area contributed by atoms with Crippen LogP contribution in [0.1, 0.15) is 45.1 Å². The third-order valence-electron chi connectivity index (χ3n) is 3.91. The van der Waals surface area contributed by atoms with Gasteiger partial charge in [-0.1, -0.05) is 38.8 Å². The number of unbranched alkanes of at least 4 members (excludes halogenated alkanes) is 2. The first-order chi connectivity index (χ1) is 10.4. The Morgan fingerprint density at radius 2 is 1.91 bits per heavy atom. The standard InChI is InChI=1S/C17H28N2O3/c1-17(2,11-6-5-7-12-19-16(18)20)13-9-8-10-14(21-3)15(13)22-4/h8-10H,5-7,11-12H2,1-4H3,(H3,18,19,20). The third-order valence-corrected chi connectivity index (χ3v) is 3.91. The fraction of sp³-hybridized carbons (Fsp3) is 0.588. The van der Waals surface area contributed by atoms with E-state index in [0.29, 0.717) is 6.54 Å². The van der Waals surface area contributed by atoms with Crippen molar-refractivity contribution in [3.63, 3.8) is 0 Å². The number of hydrogen-bond acceptors (Lipinski definition) is 3. The number of rotatable bonds is 9. The van der Waals surface area contributed by atoms with Gasteiger partial charge in [0.05, 0.1) is 14.2 Å². The second-order valence-electron chi connectivity index (χ2n) is 6.03. The Kier molecular flexibility index (Phi) is 7.02. The minimum atomic E-state index is -0.457. The summed E-state index contributed by atoms with van der Waals surface area (Å²) in [6.45, 7) is 5.07. The average Bonchev–Trinajstić information content (AvgIpc) is 2.49. The molecular weight excluding hydrogens is 280 g/mol. The smallest absolute Gasteiger partial charge is 0.312 e. The highest BCUT2D eigenvalue weighted by Crippen LogP contribution is 2.40. The summed E-state index contributed by atoms with van der Waals surface area (Å²) >= 11 is 0. The first kappa shape index (κ1) is 18.1. The van der Waals surface area contributed by atoms with Gasteiger partial charge in [0.15, 0.2) is 11.5 Å². The topological polar surface area (TPSA) is 73.6 Å². The lowest BCUT2D eigenvalue weighted by molar-refractivity contribution is 0.248. The summed E-state index contributed by atoms with van der Waals surface area (Å²) < 4.78 is 10.9. The highest BCUT2D eigenvalue weighted by molar-refractivity contribution is 5.71. The van der Waals surface area contributed by atoms with E-state index >= 15 is 0 Å². The molecule has 124 valence electrons. The van der Waals surface area contributed by atoms with Crippen molar-refractivity contribution < 1.29 is 14.3 Å². The molecule has 0 aliphatic carbocycles. The molecule has 1 rings (SSSR count). The molecule has 0 saturated heterocycles. The zero-order valence-corrected chi connectivity index (χ0v) is 14.1. The predicted molar refractivity (Wildman–Crippen MR) is 88.6 cm³/mol. The van der Waals surface area contributed by atoms with E-state index in [4.69, 9.17) is 15.2 Å². The molecule has 0 radical (unpaired) electrons. The minimum absolute atomic E-state index is 0.00298. The number of amides is 2. The first-order valence-corrected chi connectivity index (χ1v) is 7.67. The van der Waals surface area contributed by atoms with Crippen LogP contribution in [0.3, 0.4) is 0 Å². The molecule has 0 fully saturated rings. The minimum Gasteiger partial charge on any atom is -0.493 e. The number of hydrogen-bond donors (Lipinski definition) is 2. The van der Waals surface area contributed by atoms with E-state index in [1.54, 1.807) is 14.2 Å². The molecule has 0 saturated carbocycles. The number of urea groups is 1. The Hall–Kier alpha value is -1.91. The largest absolute Gasteiger partial charge is 0.493 e. The summed E-state index contributed by atoms with van der Waals surface area (Å²) in [6.07, 6.45) is 4.10. The van der Waals surface area contributed by atoms with Crippen LogP contribution < -0.4 is 20.5 Å². The van der Waals surface area contributed by atoms with Gasteiger partial charge in [0.25, 0.3) is 0 Å². The van der Waals surface area contributed by atoms with Crippen LogP contribution in [0, 0.1) is 0 Å². The number of ether oxygens (including phenoxy) is 2. The maximum absolute atomic E-state index is 10.6. The third kappa shape index (κ3) is 5.13. The van der Waals surface area contributed by atoms with Crippen molar-refractivity contribution in [3.8, 4) is 11.5 Å². The average molecular weight is 308 g/mol. The molecule has 0 aliphatic heterocycles. The van der Waals surface area contributed by atoms with Crippen LogP contribution in [0.2, 0.25) is 0 Å². The van der Waals surface area contributed by atoms with Crippen molar-refractivity contribution in [1.82, 2.24) is 5.32 Å². The Morgan fingerprint density at radius 3 is 2.50 bits per heavy atom. The van der Waals surface area contributed by atoms with Crippen molar-refractivity contribution in [2.75, 3.05) is 20.8 Å². The highest BCUT2D eigenvalue weighted by atomic mass is 16.5. The second kappa shape index (κ2) is 8.51. The SMILES string of the molecule is COc1cccc(C(C)(C)CCCCCNC(N)=O)c1OC. The molecule has 1 aromatic rings. The van der Waals surface area contributed by atoms with Gasteiger partial charge in [-0.05, 0) is 24.3 Å². The van der Waals surface area contributed by atoms with E-state index in [0.717, 1.165) is 42.7 Å². The van der Waals surface area contributed by atoms with E-state index in [1.807, 2.05) is 12.1 Å². The fourth-order valence-electron chi connectivity index (χ4n) is 2.64. The molecule has 0 heterocycles. The molecule has 0 unspecified atom stereocenters. The summed E-state index contributed by atoms with van der Waals surface area (Å²) in [6, 6.07) is 5.54. The molecular formula is C17H28N2O3. The molecule has 5 nitrogen and oxygen atoms in total. The molecule has 1 aromatic carbocycles. The van der Waals surface area contributed by atoms with E-state index in [9.17, 15) is 4.79 Å². The van der Waals surface area contributed by atoms with Crippen LogP contribution >= 0.6 is 0 Å². The number of primary amides is 1. The fourth-order valence-corrected chi connectivity index (χ4v) is 2.64. The van der Waals surface area contributed by atoms with Crippen LogP contribution in [-0.2, 0) is 5.41 Å². The van der Waals surface area contributed by atoms with Crippen molar-refractivity contribution in [2.24, 2.45) is 5.73 Å². The number of carbonyl (C=O) groups is 1. The van der Waals surface area contributed by atoms with Crippen LogP contribution in [0.25, 0.3) is 0 Å². The zero-order chi connectivity index (χ0) is 16.6. The van der Waals surface area contributed by atoms with Gasteiger partial charge in [-0.3, -0.25) is 0 Å². The molecule has 3 N–H and O–H groups in total. The van der Waals surface area contributed by atoms with Gasteiger partial charge in [0.1, 0.15) is 0 Å². The first-order valence-electron chi connectivity index (χ1n) is 7.67. The molecule has 22 heavy (non-hydrogen) atoms. The summed E-state index contributed by atoms with van der Waals surface area (Å²) in [5.41, 5.74) is 6.19. The number of benzene rings is 1. The molecule has 0 bridgehead atoms. The quantitative estimate of drug-likeness (QED) is 0.688. The van der Waals surface area contributed by atoms with Gasteiger partial charge in [-0.2, -0.15) is 0 Å². The van der Waals surface area contributed by atoms with Crippen molar-refractivity contribution in [3.05, 3.63) is 23.8 Å². The van der Waals surface area contributed by atoms with Crippen molar-refractivity contribution in [1.29, 1.82) is 0 Å². The molecule has 0 spiro atoms. The van der Waals surface area contributed by atoms with Gasteiger partial charge in [0.2, 0.25) is 0 Å². The number of methoxy groups -OCH3 is 2. The van der Waals surface area contributed by atoms with Gasteiger partial charge in [-0.15, -0.1) is 0 Å². The predicted octanol–water partition coefficient (Wildman–Crippen LogP) is 3.21. The van der Waals surface area contributed by atoms with E-state index < -0.39 is 6.03 Å². The Labute approximate surface area is 133 Å². The lowest BCUT2D eigenvalue weighted by Gasteiger charge is -2.28. The molecule has 0 atom stereocenters. The van der Waals surface area contributed by atoms with E-state index in [-0.39, 0.29) is 5.41 Å². The molecule has 5 heteroatoms. The van der Waals surface area contributed by atoms with Gasteiger partial charge < -0.3 is 20.5 Å². The maximum atomic E-state index is 10.6. The molecule has 0 aromatic heterocycles. The molecule has 0 aliphatic rings. The molecule has 2 amide bonds. The lowest BCUT2D eigenvalue weighted by atomic mass is 9.79. The number of nitrogens with one attached hydrogen (secondary N) is 1. The lowest BCUT2D eigenvalue weighted by Crippen LogP contribution is -2.30. The van der Waals surface area contributed by atoms with Crippen LogP contribution in [0.5, 0.6) is 11.5 Å². The van der Waals surface area contributed by atoms with Crippen LogP contribution in [0.15, 0.2) is 18.2 Å². The van der Waals surface area contributed by atoms with Crippen LogP contribution in [-0.4, -0.2) is 26.8 Å². The van der Waals surface area contributed by atoms with Gasteiger partial charge in [-0.25, -0.2) is 4.79 Å². The monoisotopic (exact) mass is 308 g/mol. The number of carbonyl (C=O) groups excluding carboxylic acids is 1. The normalized spacial score (nSPS) is 11.1. The van der Waals surface area contributed by atoms with Gasteiger partial charge >= 0.3 is 6.03 Å². The zero-order valence-electron chi connectivity index (χ0n) is 14.1. The number of para-hydroxylation sites is 1. The maximum Gasteiger partial charge on any atom is 0.312 e. The summed E-state index contributed by atoms with van der Waals surface area (Å²) in [7, 11) is 3.33. The van der Waals surface area contributed by atoms with Crippen molar-refractivity contribution in [2.45, 2.75) is 44.9 Å². The van der Waals surface area contributed by atoms with Crippen LogP contribution in [0.4, 0.5) is 4.79 Å². The second-order valence-corrected chi connectivity index (χ2v) is 6.03. The Balaban J connectivity index is 2.61. The van der Waals surface area contributed by atoms with E-state index in [2.05, 4.69) is 25.2 Å². The summed E-state index contributed by atoms with van der Waals surface area (Å²) in [5, 5.41) is 2.61. The summed E-state index contributed by atoms with van der Waals surface area (Å²) in [5.74, 6) is 1.57. The Bertz CT molecular complexity index is 487. The highest BCUT2D eigenvalue weighted by Gasteiger charge is 2.25. The number of nitrogens with two attached hydrogens (primary N) is 1. The van der Waals surface area contributed by atoms with E-state index in [1.165, 1.54) is 0 Å². The van der Waals surface area contributed by atoms with Gasteiger partial charge in [0, 0.05) is 12.1 Å². The Morgan fingerprint density at radius 1 is 1.18 bits per heavy atom. The summed E-state index contributed by atoms with van der Waals surface area (Å²) in [4.78, 5) is 10.6. The van der Waals surface area contributed by atoms with Crippen molar-refractivity contribution >= 4 is 6.03 Å².